The van der Waals surface area contributed by atoms with E-state index in [0.717, 1.165) is 52.3 Å². The van der Waals surface area contributed by atoms with E-state index in [0.29, 0.717) is 30.4 Å². The summed E-state index contributed by atoms with van der Waals surface area (Å²) in [5.41, 5.74) is 2.89. The van der Waals surface area contributed by atoms with E-state index in [9.17, 15) is 19.5 Å². The molecule has 0 radical (unpaired) electrons. The van der Waals surface area contributed by atoms with Crippen LogP contribution in [0, 0.1) is 28.6 Å². The molecule has 230 valence electrons. The number of carbonyl (C=O) groups is 3. The summed E-state index contributed by atoms with van der Waals surface area (Å²) in [6.45, 7) is 17.6. The van der Waals surface area contributed by atoms with Crippen molar-refractivity contribution in [3.05, 3.63) is 57.4 Å². The number of anilines is 1. The van der Waals surface area contributed by atoms with Crippen LogP contribution in [0.4, 0.5) is 5.69 Å². The van der Waals surface area contributed by atoms with Gasteiger partial charge in [-0.25, -0.2) is 0 Å². The number of rotatable bonds is 5. The molecule has 1 heterocycles. The lowest BCUT2D eigenvalue weighted by Crippen LogP contribution is -2.61. The van der Waals surface area contributed by atoms with E-state index in [1.54, 1.807) is 6.92 Å². The molecule has 43 heavy (non-hydrogen) atoms. The molecule has 3 atom stereocenters. The van der Waals surface area contributed by atoms with E-state index < -0.39 is 22.0 Å². The molecule has 3 aliphatic rings. The maximum absolute atomic E-state index is 14.7. The molecule has 3 aliphatic carbocycles. The molecule has 6 nitrogen and oxygen atoms in total. The van der Waals surface area contributed by atoms with Crippen molar-refractivity contribution in [1.82, 2.24) is 0 Å². The van der Waals surface area contributed by atoms with E-state index in [1.165, 1.54) is 6.92 Å². The first-order valence-corrected chi connectivity index (χ1v) is 15.4. The Labute approximate surface area is 256 Å². The summed E-state index contributed by atoms with van der Waals surface area (Å²) >= 11 is 0. The summed E-state index contributed by atoms with van der Waals surface area (Å²) in [6, 6.07) is 6.14. The minimum absolute atomic E-state index is 0.0533. The van der Waals surface area contributed by atoms with Gasteiger partial charge in [0.05, 0.1) is 11.0 Å². The van der Waals surface area contributed by atoms with Crippen LogP contribution in [0.25, 0.3) is 17.1 Å². The number of allylic oxidation sites excluding steroid dienone is 3. The summed E-state index contributed by atoms with van der Waals surface area (Å²) < 4.78 is 6.35. The number of aryl methyl sites for hydroxylation is 1. The van der Waals surface area contributed by atoms with Crippen LogP contribution in [0.3, 0.4) is 0 Å². The second kappa shape index (κ2) is 9.80. The molecule has 1 aromatic heterocycles. The van der Waals surface area contributed by atoms with Gasteiger partial charge >= 0.3 is 0 Å². The minimum Gasteiger partial charge on any atom is -0.507 e. The Kier molecular flexibility index (Phi) is 7.07. The SMILES string of the molecule is CC(=O)C1=C(C)CC2(C)CC3(C)Cc4c(N(C)C)cc(-c5ccc(CCC(C)(C)C)o5)c(C)c4C(O)=C3C(=O)C2(C)C1=O. The van der Waals surface area contributed by atoms with Crippen molar-refractivity contribution in [2.75, 3.05) is 19.0 Å². The number of ketones is 3. The molecule has 5 rings (SSSR count). The fraction of sp³-hybridized carbons (Fsp3) is 0.541. The van der Waals surface area contributed by atoms with Gasteiger partial charge in [0, 0.05) is 48.3 Å². The number of carbonyl (C=O) groups excluding carboxylic acids is 3. The largest absolute Gasteiger partial charge is 0.507 e. The second-order valence-corrected chi connectivity index (χ2v) is 15.5. The van der Waals surface area contributed by atoms with Gasteiger partial charge in [-0.3, -0.25) is 14.4 Å². The van der Waals surface area contributed by atoms with Crippen molar-refractivity contribution < 1.29 is 23.9 Å². The monoisotopic (exact) mass is 585 g/mol. The third-order valence-corrected chi connectivity index (χ3v) is 10.6. The number of furan rings is 1. The Morgan fingerprint density at radius 3 is 2.28 bits per heavy atom. The average Bonchev–Trinajstić information content (AvgIpc) is 3.33. The number of Topliss-reactive ketones (excluding diaryl/α,β-unsaturated/α-hetero) is 3. The molecule has 1 fully saturated rings. The average molecular weight is 586 g/mol. The molecule has 3 unspecified atom stereocenters. The van der Waals surface area contributed by atoms with Gasteiger partial charge in [0.1, 0.15) is 17.3 Å². The van der Waals surface area contributed by atoms with E-state index >= 15 is 0 Å². The molecule has 1 aromatic carbocycles. The molecule has 0 aliphatic heterocycles. The Balaban J connectivity index is 1.70. The number of fused-ring (bicyclic) bond motifs is 3. The molecule has 1 saturated carbocycles. The lowest BCUT2D eigenvalue weighted by molar-refractivity contribution is -0.152. The lowest BCUT2D eigenvalue weighted by Gasteiger charge is -2.58. The Bertz CT molecular complexity index is 1640. The van der Waals surface area contributed by atoms with Crippen molar-refractivity contribution in [3.8, 4) is 11.3 Å². The van der Waals surface area contributed by atoms with Crippen LogP contribution in [-0.2, 0) is 27.2 Å². The summed E-state index contributed by atoms with van der Waals surface area (Å²) in [6.07, 6.45) is 3.41. The zero-order valence-corrected chi connectivity index (χ0v) is 27.8. The molecular weight excluding hydrogens is 538 g/mol. The van der Waals surface area contributed by atoms with E-state index in [-0.39, 0.29) is 28.3 Å². The molecule has 0 spiro atoms. The van der Waals surface area contributed by atoms with Crippen LogP contribution in [0.2, 0.25) is 0 Å². The van der Waals surface area contributed by atoms with Crippen molar-refractivity contribution in [2.45, 2.75) is 94.4 Å². The van der Waals surface area contributed by atoms with E-state index in [1.807, 2.05) is 53.9 Å². The highest BCUT2D eigenvalue weighted by atomic mass is 16.3. The maximum Gasteiger partial charge on any atom is 0.180 e. The number of nitrogens with zero attached hydrogens (tertiary/aromatic N) is 1. The van der Waals surface area contributed by atoms with Crippen molar-refractivity contribution >= 4 is 28.8 Å². The first kappa shape index (κ1) is 31.0. The lowest BCUT2D eigenvalue weighted by atomic mass is 9.42. The van der Waals surface area contributed by atoms with Gasteiger partial charge in [-0.15, -0.1) is 0 Å². The van der Waals surface area contributed by atoms with Crippen molar-refractivity contribution in [1.29, 1.82) is 0 Å². The molecular formula is C37H47NO5. The molecule has 6 heteroatoms. The fourth-order valence-corrected chi connectivity index (χ4v) is 8.31. The van der Waals surface area contributed by atoms with Crippen LogP contribution in [0.1, 0.15) is 97.1 Å². The second-order valence-electron chi connectivity index (χ2n) is 15.5. The molecule has 0 saturated heterocycles. The zero-order valence-electron chi connectivity index (χ0n) is 27.8. The molecule has 1 N–H and O–H groups in total. The van der Waals surface area contributed by atoms with Gasteiger partial charge in [0.15, 0.2) is 17.3 Å². The molecule has 0 amide bonds. The Morgan fingerprint density at radius 2 is 1.70 bits per heavy atom. The van der Waals surface area contributed by atoms with E-state index in [2.05, 4.69) is 31.7 Å². The van der Waals surface area contributed by atoms with Crippen LogP contribution in [0.15, 0.2) is 39.3 Å². The van der Waals surface area contributed by atoms with Crippen LogP contribution >= 0.6 is 0 Å². The quantitative estimate of drug-likeness (QED) is 0.283. The minimum atomic E-state index is -1.44. The predicted octanol–water partition coefficient (Wildman–Crippen LogP) is 7.99. The number of hydrogen-bond acceptors (Lipinski definition) is 6. The third-order valence-electron chi connectivity index (χ3n) is 10.6. The third kappa shape index (κ3) is 4.55. The number of benzene rings is 1. The van der Waals surface area contributed by atoms with Crippen LogP contribution in [0.5, 0.6) is 0 Å². The maximum atomic E-state index is 14.7. The highest BCUT2D eigenvalue weighted by Gasteiger charge is 2.67. The number of hydrogen-bond donors (Lipinski definition) is 1. The van der Waals surface area contributed by atoms with Gasteiger partial charge in [0.25, 0.3) is 0 Å². The molecule has 2 aromatic rings. The summed E-state index contributed by atoms with van der Waals surface area (Å²) in [5, 5.41) is 12.2. The fourth-order valence-electron chi connectivity index (χ4n) is 8.31. The molecule has 0 bridgehead atoms. The number of aliphatic hydroxyl groups excluding tert-OH is 1. The highest BCUT2D eigenvalue weighted by molar-refractivity contribution is 6.31. The van der Waals surface area contributed by atoms with Gasteiger partial charge in [-0.05, 0) is 93.5 Å². The van der Waals surface area contributed by atoms with Crippen LogP contribution < -0.4 is 4.90 Å². The highest BCUT2D eigenvalue weighted by Crippen LogP contribution is 2.65. The first-order valence-electron chi connectivity index (χ1n) is 15.4. The van der Waals surface area contributed by atoms with Gasteiger partial charge < -0.3 is 14.4 Å². The Hall–Kier alpha value is -3.41. The predicted molar refractivity (Wildman–Crippen MR) is 171 cm³/mol. The first-order chi connectivity index (χ1) is 19.8. The van der Waals surface area contributed by atoms with Crippen LogP contribution in [-0.4, -0.2) is 36.6 Å². The number of aliphatic hydroxyl groups is 1. The van der Waals surface area contributed by atoms with Gasteiger partial charge in [-0.1, -0.05) is 40.2 Å². The smallest absolute Gasteiger partial charge is 0.180 e. The summed E-state index contributed by atoms with van der Waals surface area (Å²) in [4.78, 5) is 43.3. The van der Waals surface area contributed by atoms with Crippen molar-refractivity contribution in [2.24, 2.45) is 21.7 Å². The Morgan fingerprint density at radius 1 is 1.05 bits per heavy atom. The standard InChI is InChI=1S/C37H47NO5/c1-20-17-36(8)19-35(7)18-25-26(38(10)11)16-24(27-13-12-23(43-27)14-15-34(4,5)6)21(2)29(25)31(40)30(35)33(42)37(36,9)32(41)28(20)22(3)39/h12-13,16,40H,14-15,17-19H2,1-11H3. The topological polar surface area (TPSA) is 87.8 Å². The normalized spacial score (nSPS) is 27.2. The summed E-state index contributed by atoms with van der Waals surface area (Å²) in [7, 11) is 3.98. The van der Waals surface area contributed by atoms with Crippen molar-refractivity contribution in [3.63, 3.8) is 0 Å². The van der Waals surface area contributed by atoms with Gasteiger partial charge in [0.2, 0.25) is 0 Å². The van der Waals surface area contributed by atoms with Gasteiger partial charge in [-0.2, -0.15) is 0 Å². The van der Waals surface area contributed by atoms with E-state index in [4.69, 9.17) is 4.42 Å². The zero-order chi connectivity index (χ0) is 32.0. The summed E-state index contributed by atoms with van der Waals surface area (Å²) in [5.74, 6) is 0.503.